The molecule has 0 bridgehead atoms. The van der Waals surface area contributed by atoms with E-state index >= 15 is 0 Å². The molecule has 18 heavy (non-hydrogen) atoms. The first-order chi connectivity index (χ1) is 8.54. The number of ether oxygens (including phenoxy) is 1. The van der Waals surface area contributed by atoms with Gasteiger partial charge in [0.25, 0.3) is 0 Å². The Morgan fingerprint density at radius 1 is 1.44 bits per heavy atom. The topological polar surface area (TPSA) is 58.6 Å². The molecule has 5 heteroatoms. The van der Waals surface area contributed by atoms with Gasteiger partial charge in [0.1, 0.15) is 11.6 Å². The lowest BCUT2D eigenvalue weighted by molar-refractivity contribution is -0.160. The van der Waals surface area contributed by atoms with Crippen LogP contribution in [0.4, 0.5) is 0 Å². The second kappa shape index (κ2) is 4.88. The van der Waals surface area contributed by atoms with Gasteiger partial charge in [-0.25, -0.2) is 0 Å². The minimum Gasteiger partial charge on any atom is -0.379 e. The van der Waals surface area contributed by atoms with Gasteiger partial charge in [0.05, 0.1) is 12.6 Å². The fourth-order valence-electron chi connectivity index (χ4n) is 2.81. The summed E-state index contributed by atoms with van der Waals surface area (Å²) < 4.78 is 5.38. The van der Waals surface area contributed by atoms with Gasteiger partial charge in [0.15, 0.2) is 0 Å². The summed E-state index contributed by atoms with van der Waals surface area (Å²) in [5.74, 6) is 0.000278. The van der Waals surface area contributed by atoms with Crippen molar-refractivity contribution in [3.8, 4) is 0 Å². The molecule has 2 saturated heterocycles. The number of hydrogen-bond acceptors (Lipinski definition) is 3. The highest BCUT2D eigenvalue weighted by Crippen LogP contribution is 2.30. The molecule has 2 fully saturated rings. The van der Waals surface area contributed by atoms with Crippen molar-refractivity contribution in [2.24, 2.45) is 0 Å². The van der Waals surface area contributed by atoms with E-state index < -0.39 is 5.54 Å². The molecule has 2 amide bonds. The molecule has 0 spiro atoms. The van der Waals surface area contributed by atoms with E-state index in [4.69, 9.17) is 4.74 Å². The van der Waals surface area contributed by atoms with Crippen molar-refractivity contribution in [1.29, 1.82) is 0 Å². The van der Waals surface area contributed by atoms with Crippen molar-refractivity contribution in [3.63, 3.8) is 0 Å². The van der Waals surface area contributed by atoms with Crippen LogP contribution in [0, 0.1) is 0 Å². The maximum atomic E-state index is 12.5. The van der Waals surface area contributed by atoms with Gasteiger partial charge in [0.2, 0.25) is 11.8 Å². The molecule has 0 saturated carbocycles. The molecular weight excluding hydrogens is 232 g/mol. The van der Waals surface area contributed by atoms with Gasteiger partial charge in [-0.2, -0.15) is 0 Å². The predicted octanol–water partition coefficient (Wildman–Crippen LogP) is 0.681. The third-order valence-electron chi connectivity index (χ3n) is 4.23. The van der Waals surface area contributed by atoms with Crippen LogP contribution in [-0.4, -0.2) is 47.6 Å². The molecule has 2 rings (SSSR count). The van der Waals surface area contributed by atoms with E-state index in [0.717, 1.165) is 6.42 Å². The minimum atomic E-state index is -0.735. The van der Waals surface area contributed by atoms with Gasteiger partial charge >= 0.3 is 0 Å². The molecule has 0 aromatic carbocycles. The molecule has 0 aromatic heterocycles. The third-order valence-corrected chi connectivity index (χ3v) is 4.23. The molecular formula is C13H22N2O3. The zero-order valence-electron chi connectivity index (χ0n) is 11.4. The van der Waals surface area contributed by atoms with Crippen LogP contribution in [-0.2, 0) is 14.3 Å². The van der Waals surface area contributed by atoms with Crippen LogP contribution in [0.5, 0.6) is 0 Å². The summed E-state index contributed by atoms with van der Waals surface area (Å²) in [6.07, 6.45) is 2.08. The fourth-order valence-corrected chi connectivity index (χ4v) is 2.81. The molecule has 2 aliphatic heterocycles. The number of hydrogen-bond donors (Lipinski definition) is 1. The van der Waals surface area contributed by atoms with Crippen LogP contribution in [0.25, 0.3) is 0 Å². The molecule has 2 heterocycles. The number of carbonyl (C=O) groups is 2. The third kappa shape index (κ3) is 1.90. The highest BCUT2D eigenvalue weighted by Gasteiger charge is 2.50. The molecule has 3 atom stereocenters. The summed E-state index contributed by atoms with van der Waals surface area (Å²) in [6.45, 7) is 6.94. The largest absolute Gasteiger partial charge is 0.379 e. The summed E-state index contributed by atoms with van der Waals surface area (Å²) in [5.41, 5.74) is -0.735. The van der Waals surface area contributed by atoms with Crippen LogP contribution in [0.3, 0.4) is 0 Å². The first-order valence-electron chi connectivity index (χ1n) is 6.76. The SMILES string of the molecule is CCC1NC(=O)C(C)(CC)N(C2CCOC2)C1=O. The Morgan fingerprint density at radius 3 is 2.67 bits per heavy atom. The van der Waals surface area contributed by atoms with E-state index in [1.807, 2.05) is 20.8 Å². The normalized spacial score (nSPS) is 36.9. The number of nitrogens with zero attached hydrogens (tertiary/aromatic N) is 1. The minimum absolute atomic E-state index is 0.0386. The smallest absolute Gasteiger partial charge is 0.246 e. The average Bonchev–Trinajstić information content (AvgIpc) is 2.87. The lowest BCUT2D eigenvalue weighted by atomic mass is 9.88. The second-order valence-corrected chi connectivity index (χ2v) is 5.29. The van der Waals surface area contributed by atoms with E-state index in [0.29, 0.717) is 26.1 Å². The Morgan fingerprint density at radius 2 is 2.17 bits per heavy atom. The van der Waals surface area contributed by atoms with Gasteiger partial charge in [0, 0.05) is 6.61 Å². The Labute approximate surface area is 108 Å². The number of piperazine rings is 1. The van der Waals surface area contributed by atoms with Crippen molar-refractivity contribution >= 4 is 11.8 Å². The Hall–Kier alpha value is -1.10. The van der Waals surface area contributed by atoms with Crippen LogP contribution >= 0.6 is 0 Å². The molecule has 3 unspecified atom stereocenters. The lowest BCUT2D eigenvalue weighted by Crippen LogP contribution is -2.71. The van der Waals surface area contributed by atoms with Gasteiger partial charge in [-0.15, -0.1) is 0 Å². The maximum Gasteiger partial charge on any atom is 0.246 e. The molecule has 0 aliphatic carbocycles. The molecule has 2 aliphatic rings. The number of carbonyl (C=O) groups excluding carboxylic acids is 2. The van der Waals surface area contributed by atoms with Gasteiger partial charge < -0.3 is 15.0 Å². The summed E-state index contributed by atoms with van der Waals surface area (Å²) in [5, 5.41) is 2.84. The van der Waals surface area contributed by atoms with Crippen LogP contribution in [0.1, 0.15) is 40.0 Å². The lowest BCUT2D eigenvalue weighted by Gasteiger charge is -2.48. The Kier molecular flexibility index (Phi) is 3.61. The molecule has 0 radical (unpaired) electrons. The van der Waals surface area contributed by atoms with Crippen molar-refractivity contribution in [2.45, 2.75) is 57.7 Å². The highest BCUT2D eigenvalue weighted by atomic mass is 16.5. The van der Waals surface area contributed by atoms with Crippen molar-refractivity contribution in [1.82, 2.24) is 10.2 Å². The molecule has 102 valence electrons. The van der Waals surface area contributed by atoms with E-state index in [-0.39, 0.29) is 23.9 Å². The van der Waals surface area contributed by atoms with E-state index in [9.17, 15) is 9.59 Å². The summed E-state index contributed by atoms with van der Waals surface area (Å²) in [4.78, 5) is 26.6. The Balaban J connectivity index is 2.33. The van der Waals surface area contributed by atoms with E-state index in [1.54, 1.807) is 4.90 Å². The fraction of sp³-hybridized carbons (Fsp3) is 0.846. The standard InChI is InChI=1S/C13H22N2O3/c1-4-10-11(16)15(9-6-7-18-8-9)13(3,5-2)12(17)14-10/h9-10H,4-8H2,1-3H3,(H,14,17). The zero-order valence-corrected chi connectivity index (χ0v) is 11.4. The predicted molar refractivity (Wildman–Crippen MR) is 67.0 cm³/mol. The molecule has 5 nitrogen and oxygen atoms in total. The van der Waals surface area contributed by atoms with Gasteiger partial charge in [-0.3, -0.25) is 9.59 Å². The van der Waals surface area contributed by atoms with Crippen molar-refractivity contribution in [2.75, 3.05) is 13.2 Å². The number of nitrogens with one attached hydrogen (secondary N) is 1. The second-order valence-electron chi connectivity index (χ2n) is 5.29. The van der Waals surface area contributed by atoms with E-state index in [1.165, 1.54) is 0 Å². The highest BCUT2D eigenvalue weighted by molar-refractivity contribution is 5.99. The Bertz CT molecular complexity index is 352. The summed E-state index contributed by atoms with van der Waals surface area (Å²) >= 11 is 0. The zero-order chi connectivity index (χ0) is 13.3. The monoisotopic (exact) mass is 254 g/mol. The summed E-state index contributed by atoms with van der Waals surface area (Å²) in [7, 11) is 0. The average molecular weight is 254 g/mol. The van der Waals surface area contributed by atoms with Gasteiger partial charge in [-0.1, -0.05) is 13.8 Å². The molecule has 0 aromatic rings. The van der Waals surface area contributed by atoms with Crippen LogP contribution in [0.2, 0.25) is 0 Å². The van der Waals surface area contributed by atoms with Crippen LogP contribution < -0.4 is 5.32 Å². The summed E-state index contributed by atoms with van der Waals surface area (Å²) in [6, 6.07) is -0.333. The quantitative estimate of drug-likeness (QED) is 0.806. The number of rotatable bonds is 3. The van der Waals surface area contributed by atoms with Gasteiger partial charge in [-0.05, 0) is 26.2 Å². The maximum absolute atomic E-state index is 12.5. The van der Waals surface area contributed by atoms with Crippen molar-refractivity contribution < 1.29 is 14.3 Å². The molecule has 1 N–H and O–H groups in total. The number of amides is 2. The van der Waals surface area contributed by atoms with E-state index in [2.05, 4.69) is 5.32 Å². The van der Waals surface area contributed by atoms with Crippen LogP contribution in [0.15, 0.2) is 0 Å². The first-order valence-corrected chi connectivity index (χ1v) is 6.76. The first kappa shape index (κ1) is 13.3. The van der Waals surface area contributed by atoms with Crippen molar-refractivity contribution in [3.05, 3.63) is 0 Å².